The molecule has 0 aliphatic carbocycles. The first-order chi connectivity index (χ1) is 7.16. The van der Waals surface area contributed by atoms with E-state index in [0.29, 0.717) is 0 Å². The van der Waals surface area contributed by atoms with Gasteiger partial charge in [-0.05, 0) is 38.6 Å². The summed E-state index contributed by atoms with van der Waals surface area (Å²) in [6, 6.07) is 6.05. The Balaban J connectivity index is 2.68. The van der Waals surface area contributed by atoms with E-state index in [1.165, 1.54) is 5.56 Å². The molecule has 0 bridgehead atoms. The van der Waals surface area contributed by atoms with Crippen LogP contribution >= 0.6 is 0 Å². The van der Waals surface area contributed by atoms with Crippen molar-refractivity contribution in [2.45, 2.75) is 13.3 Å². The Bertz CT molecular complexity index is 289. The van der Waals surface area contributed by atoms with E-state index in [1.807, 2.05) is 19.2 Å². The third kappa shape index (κ3) is 3.13. The highest BCUT2D eigenvalue weighted by Crippen LogP contribution is 2.25. The lowest BCUT2D eigenvalue weighted by atomic mass is 10.1. The van der Waals surface area contributed by atoms with Crippen LogP contribution in [0.25, 0.3) is 0 Å². The number of nitrogens with one attached hydrogen (secondary N) is 1. The third-order valence-corrected chi connectivity index (χ3v) is 2.57. The van der Waals surface area contributed by atoms with Gasteiger partial charge in [0.1, 0.15) is 0 Å². The Labute approximate surface area is 92.3 Å². The van der Waals surface area contributed by atoms with E-state index in [9.17, 15) is 0 Å². The summed E-state index contributed by atoms with van der Waals surface area (Å²) in [6.07, 6.45) is 1.13. The minimum atomic E-state index is 0.863. The van der Waals surface area contributed by atoms with Gasteiger partial charge in [0.05, 0.1) is 11.4 Å². The Morgan fingerprint density at radius 2 is 2.13 bits per heavy atom. The zero-order chi connectivity index (χ0) is 11.3. The number of benzene rings is 1. The fourth-order valence-electron chi connectivity index (χ4n) is 1.81. The Hall–Kier alpha value is -1.22. The molecule has 0 fully saturated rings. The smallest absolute Gasteiger partial charge is 0.0627 e. The summed E-state index contributed by atoms with van der Waals surface area (Å²) < 4.78 is 0. The third-order valence-electron chi connectivity index (χ3n) is 2.57. The van der Waals surface area contributed by atoms with Crippen LogP contribution in [0.1, 0.15) is 12.0 Å². The maximum atomic E-state index is 5.97. The van der Waals surface area contributed by atoms with Crippen molar-refractivity contribution in [3.63, 3.8) is 0 Å². The van der Waals surface area contributed by atoms with Gasteiger partial charge in [0.15, 0.2) is 0 Å². The van der Waals surface area contributed by atoms with Crippen molar-refractivity contribution in [1.82, 2.24) is 5.32 Å². The molecule has 0 amide bonds. The molecule has 0 radical (unpaired) electrons. The fourth-order valence-corrected chi connectivity index (χ4v) is 1.81. The second-order valence-electron chi connectivity index (χ2n) is 3.89. The molecular formula is C12H21N3. The highest BCUT2D eigenvalue weighted by Gasteiger charge is 2.07. The van der Waals surface area contributed by atoms with Gasteiger partial charge >= 0.3 is 0 Å². The van der Waals surface area contributed by atoms with Gasteiger partial charge in [-0.25, -0.2) is 0 Å². The lowest BCUT2D eigenvalue weighted by Crippen LogP contribution is -2.23. The SMILES string of the molecule is CNCCCN(C)c1c(C)cccc1N. The van der Waals surface area contributed by atoms with Crippen molar-refractivity contribution in [2.24, 2.45) is 0 Å². The van der Waals surface area contributed by atoms with Gasteiger partial charge in [-0.15, -0.1) is 0 Å². The number of hydrogen-bond donors (Lipinski definition) is 2. The zero-order valence-electron chi connectivity index (χ0n) is 9.88. The van der Waals surface area contributed by atoms with Gasteiger partial charge in [0.2, 0.25) is 0 Å². The first kappa shape index (κ1) is 11.9. The van der Waals surface area contributed by atoms with Gasteiger partial charge in [-0.1, -0.05) is 12.1 Å². The number of aryl methyl sites for hydroxylation is 1. The van der Waals surface area contributed by atoms with Crippen LogP contribution in [-0.4, -0.2) is 27.2 Å². The van der Waals surface area contributed by atoms with Crippen molar-refractivity contribution >= 4 is 11.4 Å². The Kier molecular flexibility index (Phi) is 4.43. The molecule has 0 heterocycles. The summed E-state index contributed by atoms with van der Waals surface area (Å²) in [5, 5.41) is 3.15. The van der Waals surface area contributed by atoms with Crippen LogP contribution in [0, 0.1) is 6.92 Å². The van der Waals surface area contributed by atoms with Crippen LogP contribution < -0.4 is 16.0 Å². The maximum absolute atomic E-state index is 5.97. The summed E-state index contributed by atoms with van der Waals surface area (Å²) in [5.41, 5.74) is 9.23. The monoisotopic (exact) mass is 207 g/mol. The van der Waals surface area contributed by atoms with E-state index in [4.69, 9.17) is 5.73 Å². The first-order valence-electron chi connectivity index (χ1n) is 5.37. The molecule has 3 N–H and O–H groups in total. The number of para-hydroxylation sites is 1. The van der Waals surface area contributed by atoms with Crippen molar-refractivity contribution in [3.05, 3.63) is 23.8 Å². The number of hydrogen-bond acceptors (Lipinski definition) is 3. The van der Waals surface area contributed by atoms with Crippen LogP contribution in [0.5, 0.6) is 0 Å². The first-order valence-corrected chi connectivity index (χ1v) is 5.37. The molecule has 0 saturated heterocycles. The molecule has 15 heavy (non-hydrogen) atoms. The number of rotatable bonds is 5. The van der Waals surface area contributed by atoms with Crippen molar-refractivity contribution in [3.8, 4) is 0 Å². The Morgan fingerprint density at radius 1 is 1.40 bits per heavy atom. The summed E-state index contributed by atoms with van der Waals surface area (Å²) in [7, 11) is 4.07. The molecule has 1 aromatic rings. The maximum Gasteiger partial charge on any atom is 0.0627 e. The van der Waals surface area contributed by atoms with Crippen molar-refractivity contribution in [1.29, 1.82) is 0 Å². The molecule has 0 unspecified atom stereocenters. The van der Waals surface area contributed by atoms with Crippen LogP contribution in [0.2, 0.25) is 0 Å². The molecule has 0 aliphatic heterocycles. The number of nitrogens with zero attached hydrogens (tertiary/aromatic N) is 1. The molecule has 1 aromatic carbocycles. The molecule has 3 nitrogen and oxygen atoms in total. The second kappa shape index (κ2) is 5.61. The van der Waals surface area contributed by atoms with E-state index >= 15 is 0 Å². The standard InChI is InChI=1S/C12H21N3/c1-10-6-4-7-11(13)12(10)15(3)9-5-8-14-2/h4,6-7,14H,5,8-9,13H2,1-3H3. The average Bonchev–Trinajstić information content (AvgIpc) is 2.18. The second-order valence-corrected chi connectivity index (χ2v) is 3.89. The Morgan fingerprint density at radius 3 is 2.73 bits per heavy atom. The van der Waals surface area contributed by atoms with Crippen LogP contribution in [-0.2, 0) is 0 Å². The van der Waals surface area contributed by atoms with Crippen LogP contribution in [0.15, 0.2) is 18.2 Å². The molecule has 0 atom stereocenters. The van der Waals surface area contributed by atoms with Gasteiger partial charge in [-0.3, -0.25) is 0 Å². The summed E-state index contributed by atoms with van der Waals surface area (Å²) in [6.45, 7) is 4.16. The summed E-state index contributed by atoms with van der Waals surface area (Å²) in [4.78, 5) is 2.22. The van der Waals surface area contributed by atoms with Gasteiger partial charge in [0.25, 0.3) is 0 Å². The minimum absolute atomic E-state index is 0.863. The largest absolute Gasteiger partial charge is 0.397 e. The van der Waals surface area contributed by atoms with E-state index in [1.54, 1.807) is 0 Å². The molecular weight excluding hydrogens is 186 g/mol. The predicted octanol–water partition coefficient (Wildman–Crippen LogP) is 1.62. The molecule has 0 saturated carbocycles. The fraction of sp³-hybridized carbons (Fsp3) is 0.500. The molecule has 3 heteroatoms. The van der Waals surface area contributed by atoms with E-state index in [-0.39, 0.29) is 0 Å². The molecule has 0 spiro atoms. The molecule has 0 aliphatic rings. The number of anilines is 2. The quantitative estimate of drug-likeness (QED) is 0.569. The predicted molar refractivity (Wildman–Crippen MR) is 67.4 cm³/mol. The van der Waals surface area contributed by atoms with E-state index in [2.05, 4.69) is 30.3 Å². The topological polar surface area (TPSA) is 41.3 Å². The molecule has 0 aromatic heterocycles. The van der Waals surface area contributed by atoms with Crippen LogP contribution in [0.4, 0.5) is 11.4 Å². The molecule has 84 valence electrons. The summed E-state index contributed by atoms with van der Waals surface area (Å²) in [5.74, 6) is 0. The average molecular weight is 207 g/mol. The highest BCUT2D eigenvalue weighted by molar-refractivity contribution is 5.70. The van der Waals surface area contributed by atoms with Gasteiger partial charge in [0, 0.05) is 13.6 Å². The van der Waals surface area contributed by atoms with Gasteiger partial charge in [-0.2, -0.15) is 0 Å². The van der Waals surface area contributed by atoms with Crippen LogP contribution in [0.3, 0.4) is 0 Å². The lowest BCUT2D eigenvalue weighted by Gasteiger charge is -2.23. The zero-order valence-corrected chi connectivity index (χ0v) is 9.88. The molecule has 1 rings (SSSR count). The van der Waals surface area contributed by atoms with Gasteiger partial charge < -0.3 is 16.0 Å². The summed E-state index contributed by atoms with van der Waals surface area (Å²) >= 11 is 0. The number of nitrogens with two attached hydrogens (primary N) is 1. The van der Waals surface area contributed by atoms with Crippen molar-refractivity contribution < 1.29 is 0 Å². The van der Waals surface area contributed by atoms with E-state index in [0.717, 1.165) is 30.9 Å². The van der Waals surface area contributed by atoms with E-state index < -0.39 is 0 Å². The minimum Gasteiger partial charge on any atom is -0.397 e. The van der Waals surface area contributed by atoms with Crippen molar-refractivity contribution in [2.75, 3.05) is 37.8 Å². The lowest BCUT2D eigenvalue weighted by molar-refractivity contribution is 0.712. The normalized spacial score (nSPS) is 10.3. The number of nitrogen functional groups attached to an aromatic ring is 1. The highest BCUT2D eigenvalue weighted by atomic mass is 15.1.